The number of methoxy groups -OCH3 is 1. The van der Waals surface area contributed by atoms with Crippen LogP contribution in [0.4, 0.5) is 4.39 Å². The number of benzene rings is 3. The van der Waals surface area contributed by atoms with Crippen molar-refractivity contribution in [2.75, 3.05) is 7.11 Å². The summed E-state index contributed by atoms with van der Waals surface area (Å²) in [5.74, 6) is -0.298. The average Bonchev–Trinajstić information content (AvgIpc) is 2.88. The van der Waals surface area contributed by atoms with Crippen LogP contribution in [0.2, 0.25) is 0 Å². The fraction of sp³-hybridized carbons (Fsp3) is 0.0370. The van der Waals surface area contributed by atoms with E-state index in [1.165, 1.54) is 28.8 Å². The highest BCUT2D eigenvalue weighted by atomic mass is 32.2. The molecule has 0 amide bonds. The summed E-state index contributed by atoms with van der Waals surface area (Å²) in [5, 5.41) is 10.9. The molecule has 0 saturated heterocycles. The highest BCUT2D eigenvalue weighted by molar-refractivity contribution is 7.99. The first-order chi connectivity index (χ1) is 17.0. The van der Waals surface area contributed by atoms with E-state index < -0.39 is 22.8 Å². The highest BCUT2D eigenvalue weighted by Crippen LogP contribution is 2.36. The first-order valence-electron chi connectivity index (χ1n) is 10.6. The zero-order valence-electron chi connectivity index (χ0n) is 18.4. The van der Waals surface area contributed by atoms with Crippen molar-refractivity contribution in [1.29, 1.82) is 0 Å². The molecule has 0 radical (unpaired) electrons. The highest BCUT2D eigenvalue weighted by Gasteiger charge is 2.22. The van der Waals surface area contributed by atoms with Crippen LogP contribution in [0.3, 0.4) is 0 Å². The second kappa shape index (κ2) is 9.15. The summed E-state index contributed by atoms with van der Waals surface area (Å²) in [6, 6.07) is 23.1. The minimum absolute atomic E-state index is 0.0374. The normalized spacial score (nSPS) is 11.0. The number of aromatic hydroxyl groups is 1. The third-order valence-electron chi connectivity index (χ3n) is 5.45. The molecule has 0 fully saturated rings. The minimum atomic E-state index is -0.801. The number of aromatic nitrogens is 1. The van der Waals surface area contributed by atoms with Crippen molar-refractivity contribution in [2.24, 2.45) is 0 Å². The van der Waals surface area contributed by atoms with Crippen LogP contribution in [-0.2, 0) is 0 Å². The molecule has 6 nitrogen and oxygen atoms in total. The zero-order valence-corrected chi connectivity index (χ0v) is 19.2. The van der Waals surface area contributed by atoms with Gasteiger partial charge in [0.05, 0.1) is 12.8 Å². The third kappa shape index (κ3) is 4.20. The Kier molecular flexibility index (Phi) is 5.88. The van der Waals surface area contributed by atoms with E-state index in [2.05, 4.69) is 0 Å². The van der Waals surface area contributed by atoms with Crippen LogP contribution in [0, 0.1) is 5.82 Å². The Labute approximate surface area is 202 Å². The van der Waals surface area contributed by atoms with Gasteiger partial charge in [0.1, 0.15) is 27.4 Å². The topological polar surface area (TPSA) is 81.7 Å². The molecule has 35 heavy (non-hydrogen) atoms. The molecule has 0 aliphatic heterocycles. The van der Waals surface area contributed by atoms with Gasteiger partial charge in [-0.1, -0.05) is 42.1 Å². The molecule has 2 heterocycles. The fourth-order valence-corrected chi connectivity index (χ4v) is 4.59. The van der Waals surface area contributed by atoms with E-state index in [1.807, 2.05) is 30.3 Å². The van der Waals surface area contributed by atoms with E-state index in [9.17, 15) is 19.1 Å². The van der Waals surface area contributed by atoms with Crippen molar-refractivity contribution < 1.29 is 18.7 Å². The summed E-state index contributed by atoms with van der Waals surface area (Å²) in [5.41, 5.74) is 0.335. The first kappa shape index (κ1) is 22.5. The molecule has 1 N–H and O–H groups in total. The van der Waals surface area contributed by atoms with Crippen LogP contribution >= 0.6 is 11.8 Å². The lowest BCUT2D eigenvalue weighted by molar-refractivity contribution is 0.414. The lowest BCUT2D eigenvalue weighted by Crippen LogP contribution is -2.21. The molecule has 0 saturated carbocycles. The van der Waals surface area contributed by atoms with Gasteiger partial charge in [-0.15, -0.1) is 0 Å². The molecule has 0 atom stereocenters. The van der Waals surface area contributed by atoms with E-state index in [4.69, 9.17) is 9.15 Å². The Morgan fingerprint density at radius 1 is 0.943 bits per heavy atom. The lowest BCUT2D eigenvalue weighted by atomic mass is 10.1. The standard InChI is InChI=1S/C27H18FNO5S/c1-33-19-11-9-18(10-12-19)29-21(16-5-3-2-4-6-16)15-22-23(26(29)31)24(30)25(27(32)34-22)35-20-13-7-17(28)8-14-20/h2-15,30H,1H3. The molecule has 174 valence electrons. The van der Waals surface area contributed by atoms with Crippen LogP contribution < -0.4 is 15.9 Å². The van der Waals surface area contributed by atoms with Crippen LogP contribution in [0.25, 0.3) is 27.9 Å². The van der Waals surface area contributed by atoms with Gasteiger partial charge < -0.3 is 14.3 Å². The monoisotopic (exact) mass is 487 g/mol. The fourth-order valence-electron chi connectivity index (χ4n) is 3.76. The second-order valence-corrected chi connectivity index (χ2v) is 8.68. The van der Waals surface area contributed by atoms with Crippen molar-refractivity contribution in [3.8, 4) is 28.4 Å². The van der Waals surface area contributed by atoms with Crippen molar-refractivity contribution in [3.63, 3.8) is 0 Å². The summed E-state index contributed by atoms with van der Waals surface area (Å²) < 4.78 is 25.5. The van der Waals surface area contributed by atoms with Gasteiger partial charge in [-0.2, -0.15) is 0 Å². The van der Waals surface area contributed by atoms with Gasteiger partial charge in [-0.3, -0.25) is 9.36 Å². The Bertz CT molecular complexity index is 1640. The van der Waals surface area contributed by atoms with E-state index in [0.717, 1.165) is 11.8 Å². The number of rotatable bonds is 5. The number of ether oxygens (including phenoxy) is 1. The summed E-state index contributed by atoms with van der Waals surface area (Å²) >= 11 is 0.893. The van der Waals surface area contributed by atoms with E-state index >= 15 is 0 Å². The molecule has 2 aromatic heterocycles. The Hall–Kier alpha value is -4.30. The number of halogens is 1. The van der Waals surface area contributed by atoms with Gasteiger partial charge in [0, 0.05) is 16.6 Å². The van der Waals surface area contributed by atoms with Gasteiger partial charge in [0.15, 0.2) is 5.75 Å². The quantitative estimate of drug-likeness (QED) is 0.347. The molecule has 0 spiro atoms. The molecule has 3 aromatic carbocycles. The summed E-state index contributed by atoms with van der Waals surface area (Å²) in [4.78, 5) is 26.9. The van der Waals surface area contributed by atoms with Crippen LogP contribution in [-0.4, -0.2) is 16.8 Å². The maximum Gasteiger partial charge on any atom is 0.354 e. The predicted octanol–water partition coefficient (Wildman–Crippen LogP) is 5.62. The molecule has 0 aliphatic carbocycles. The van der Waals surface area contributed by atoms with Gasteiger partial charge in [0.2, 0.25) is 0 Å². The molecule has 5 aromatic rings. The number of hydrogen-bond donors (Lipinski definition) is 1. The molecule has 0 unspecified atom stereocenters. The molecular formula is C27H18FNO5S. The molecule has 0 bridgehead atoms. The molecular weight excluding hydrogens is 469 g/mol. The maximum absolute atomic E-state index is 13.8. The van der Waals surface area contributed by atoms with E-state index in [1.54, 1.807) is 37.4 Å². The predicted molar refractivity (Wildman–Crippen MR) is 132 cm³/mol. The first-order valence-corrected chi connectivity index (χ1v) is 11.4. The molecule has 8 heteroatoms. The van der Waals surface area contributed by atoms with Gasteiger partial charge in [-0.05, 0) is 54.1 Å². The van der Waals surface area contributed by atoms with Gasteiger partial charge >= 0.3 is 5.63 Å². The van der Waals surface area contributed by atoms with Crippen molar-refractivity contribution >= 4 is 22.7 Å². The van der Waals surface area contributed by atoms with Crippen LogP contribution in [0.15, 0.2) is 109 Å². The Balaban J connectivity index is 1.78. The van der Waals surface area contributed by atoms with Crippen molar-refractivity contribution in [1.82, 2.24) is 4.57 Å². The lowest BCUT2D eigenvalue weighted by Gasteiger charge is -2.16. The summed E-state index contributed by atoms with van der Waals surface area (Å²) in [7, 11) is 1.55. The minimum Gasteiger partial charge on any atom is -0.505 e. The largest absolute Gasteiger partial charge is 0.505 e. The van der Waals surface area contributed by atoms with Crippen LogP contribution in [0.1, 0.15) is 0 Å². The average molecular weight is 488 g/mol. The number of pyridine rings is 1. The third-order valence-corrected chi connectivity index (χ3v) is 6.52. The van der Waals surface area contributed by atoms with Crippen LogP contribution in [0.5, 0.6) is 11.5 Å². The smallest absolute Gasteiger partial charge is 0.354 e. The summed E-state index contributed by atoms with van der Waals surface area (Å²) in [6.07, 6.45) is 0. The molecule has 5 rings (SSSR count). The Morgan fingerprint density at radius 3 is 2.29 bits per heavy atom. The van der Waals surface area contributed by atoms with Gasteiger partial charge in [0.25, 0.3) is 5.56 Å². The summed E-state index contributed by atoms with van der Waals surface area (Å²) in [6.45, 7) is 0. The Morgan fingerprint density at radius 2 is 1.63 bits per heavy atom. The van der Waals surface area contributed by atoms with Gasteiger partial charge in [-0.25, -0.2) is 9.18 Å². The molecule has 0 aliphatic rings. The second-order valence-electron chi connectivity index (χ2n) is 7.60. The van der Waals surface area contributed by atoms with E-state index in [0.29, 0.717) is 27.6 Å². The van der Waals surface area contributed by atoms with Crippen molar-refractivity contribution in [3.05, 3.63) is 112 Å². The number of nitrogens with zero attached hydrogens (tertiary/aromatic N) is 1. The van der Waals surface area contributed by atoms with Crippen molar-refractivity contribution in [2.45, 2.75) is 9.79 Å². The number of hydrogen-bond acceptors (Lipinski definition) is 6. The number of fused-ring (bicyclic) bond motifs is 1. The SMILES string of the molecule is COc1ccc(-n2c(-c3ccccc3)cc3oc(=O)c(Sc4ccc(F)cc4)c(O)c3c2=O)cc1. The maximum atomic E-state index is 13.8. The zero-order chi connectivity index (χ0) is 24.5. The van der Waals surface area contributed by atoms with E-state index in [-0.39, 0.29) is 15.9 Å².